The quantitative estimate of drug-likeness (QED) is 0.917. The summed E-state index contributed by atoms with van der Waals surface area (Å²) >= 11 is 0. The van der Waals surface area contributed by atoms with E-state index in [2.05, 4.69) is 19.9 Å². The van der Waals surface area contributed by atoms with Gasteiger partial charge in [-0.2, -0.15) is 0 Å². The number of rotatable bonds is 4. The normalized spacial score (nSPS) is 19.1. The van der Waals surface area contributed by atoms with Gasteiger partial charge in [-0.25, -0.2) is 15.0 Å². The van der Waals surface area contributed by atoms with Gasteiger partial charge >= 0.3 is 5.97 Å². The molecule has 21 heavy (non-hydrogen) atoms. The molecule has 7 nitrogen and oxygen atoms in total. The van der Waals surface area contributed by atoms with Crippen LogP contribution in [0.25, 0.3) is 11.2 Å². The lowest BCUT2D eigenvalue weighted by atomic mass is 9.93. The molecule has 0 aromatic carbocycles. The van der Waals surface area contributed by atoms with Crippen LogP contribution in [0.15, 0.2) is 12.7 Å². The fraction of sp³-hybridized carbons (Fsp3) is 0.571. The van der Waals surface area contributed by atoms with Crippen molar-refractivity contribution in [3.8, 4) is 0 Å². The van der Waals surface area contributed by atoms with Crippen LogP contribution in [-0.2, 0) is 11.8 Å². The summed E-state index contributed by atoms with van der Waals surface area (Å²) in [7, 11) is 1.91. The van der Waals surface area contributed by atoms with Gasteiger partial charge in [0, 0.05) is 26.6 Å². The molecule has 2 aromatic rings. The first-order valence-electron chi connectivity index (χ1n) is 7.24. The molecule has 1 aliphatic heterocycles. The van der Waals surface area contributed by atoms with E-state index in [-0.39, 0.29) is 6.42 Å². The van der Waals surface area contributed by atoms with Crippen molar-refractivity contribution in [3.05, 3.63) is 12.7 Å². The number of aliphatic carboxylic acids is 1. The maximum Gasteiger partial charge on any atom is 0.303 e. The molecule has 0 saturated carbocycles. The Labute approximate surface area is 122 Å². The van der Waals surface area contributed by atoms with Crippen LogP contribution in [-0.4, -0.2) is 43.7 Å². The third kappa shape index (κ3) is 2.81. The van der Waals surface area contributed by atoms with Crippen LogP contribution in [0.2, 0.25) is 0 Å². The third-order valence-electron chi connectivity index (χ3n) is 4.06. The van der Waals surface area contributed by atoms with Gasteiger partial charge in [-0.15, -0.1) is 0 Å². The molecule has 0 aliphatic carbocycles. The van der Waals surface area contributed by atoms with Gasteiger partial charge in [0.05, 0.1) is 6.33 Å². The van der Waals surface area contributed by atoms with E-state index in [9.17, 15) is 4.79 Å². The Bertz CT molecular complexity index is 654. The van der Waals surface area contributed by atoms with E-state index in [0.717, 1.165) is 49.3 Å². The highest BCUT2D eigenvalue weighted by molar-refractivity contribution is 5.83. The van der Waals surface area contributed by atoms with Gasteiger partial charge in [-0.3, -0.25) is 4.79 Å². The molecular weight excluding hydrogens is 270 g/mol. The van der Waals surface area contributed by atoms with Crippen molar-refractivity contribution < 1.29 is 9.90 Å². The monoisotopic (exact) mass is 289 g/mol. The Hall–Kier alpha value is -2.18. The molecular formula is C14H19N5O2. The van der Waals surface area contributed by atoms with Crippen LogP contribution in [0.1, 0.15) is 25.7 Å². The van der Waals surface area contributed by atoms with Gasteiger partial charge in [0.2, 0.25) is 0 Å². The molecule has 1 saturated heterocycles. The van der Waals surface area contributed by atoms with Crippen LogP contribution in [0.5, 0.6) is 0 Å². The number of aryl methyl sites for hydroxylation is 1. The smallest absolute Gasteiger partial charge is 0.303 e. The first-order valence-corrected chi connectivity index (χ1v) is 7.24. The average Bonchev–Trinajstić information content (AvgIpc) is 2.87. The number of carboxylic acids is 1. The number of anilines is 1. The first kappa shape index (κ1) is 13.8. The van der Waals surface area contributed by atoms with Crippen molar-refractivity contribution in [1.29, 1.82) is 0 Å². The van der Waals surface area contributed by atoms with Crippen molar-refractivity contribution in [3.63, 3.8) is 0 Å². The lowest BCUT2D eigenvalue weighted by molar-refractivity contribution is -0.137. The zero-order valence-electron chi connectivity index (χ0n) is 12.1. The van der Waals surface area contributed by atoms with Crippen molar-refractivity contribution in [2.24, 2.45) is 13.0 Å². The van der Waals surface area contributed by atoms with E-state index in [1.54, 1.807) is 12.7 Å². The molecule has 1 fully saturated rings. The van der Waals surface area contributed by atoms with Crippen molar-refractivity contribution in [1.82, 2.24) is 19.5 Å². The standard InChI is InChI=1S/C14H19N5O2/c1-18-9-17-12-13(18)15-8-16-14(12)19-6-2-3-10(7-19)4-5-11(20)21/h8-10H,2-7H2,1H3,(H,20,21). The summed E-state index contributed by atoms with van der Waals surface area (Å²) in [5.41, 5.74) is 1.64. The van der Waals surface area contributed by atoms with Gasteiger partial charge in [-0.1, -0.05) is 0 Å². The number of hydrogen-bond acceptors (Lipinski definition) is 5. The maximum atomic E-state index is 10.7. The molecule has 1 aliphatic rings. The predicted molar refractivity (Wildman–Crippen MR) is 78.1 cm³/mol. The zero-order chi connectivity index (χ0) is 14.8. The Morgan fingerprint density at radius 1 is 1.43 bits per heavy atom. The second-order valence-corrected chi connectivity index (χ2v) is 5.61. The largest absolute Gasteiger partial charge is 0.481 e. The number of nitrogens with zero attached hydrogens (tertiary/aromatic N) is 5. The zero-order valence-corrected chi connectivity index (χ0v) is 12.1. The highest BCUT2D eigenvalue weighted by Gasteiger charge is 2.23. The number of piperidine rings is 1. The van der Waals surface area contributed by atoms with E-state index in [0.29, 0.717) is 5.92 Å². The van der Waals surface area contributed by atoms with Crippen molar-refractivity contribution in [2.75, 3.05) is 18.0 Å². The Morgan fingerprint density at radius 2 is 2.29 bits per heavy atom. The highest BCUT2D eigenvalue weighted by atomic mass is 16.4. The second-order valence-electron chi connectivity index (χ2n) is 5.61. The minimum atomic E-state index is -0.721. The number of carboxylic acid groups (broad SMARTS) is 1. The summed E-state index contributed by atoms with van der Waals surface area (Å²) in [5.74, 6) is 0.547. The van der Waals surface area contributed by atoms with E-state index >= 15 is 0 Å². The summed E-state index contributed by atoms with van der Waals surface area (Å²) in [6.07, 6.45) is 6.42. The fourth-order valence-corrected chi connectivity index (χ4v) is 2.99. The third-order valence-corrected chi connectivity index (χ3v) is 4.06. The number of hydrogen-bond donors (Lipinski definition) is 1. The molecule has 3 heterocycles. The summed E-state index contributed by atoms with van der Waals surface area (Å²) < 4.78 is 1.88. The van der Waals surface area contributed by atoms with Gasteiger partial charge in [0.1, 0.15) is 6.33 Å². The molecule has 1 atom stereocenters. The molecule has 0 spiro atoms. The van der Waals surface area contributed by atoms with E-state index in [4.69, 9.17) is 5.11 Å². The first-order chi connectivity index (χ1) is 10.1. The molecule has 0 amide bonds. The van der Waals surface area contributed by atoms with E-state index in [1.165, 1.54) is 0 Å². The second kappa shape index (κ2) is 5.67. The SMILES string of the molecule is Cn1cnc2c(N3CCCC(CCC(=O)O)C3)ncnc21. The fourth-order valence-electron chi connectivity index (χ4n) is 2.99. The number of fused-ring (bicyclic) bond motifs is 1. The summed E-state index contributed by atoms with van der Waals surface area (Å²) in [5, 5.41) is 8.82. The van der Waals surface area contributed by atoms with E-state index in [1.807, 2.05) is 11.6 Å². The predicted octanol–water partition coefficient (Wildman–Crippen LogP) is 1.44. The average molecular weight is 289 g/mol. The molecule has 112 valence electrons. The van der Waals surface area contributed by atoms with Crippen molar-refractivity contribution >= 4 is 23.0 Å². The molecule has 1 unspecified atom stereocenters. The van der Waals surface area contributed by atoms with E-state index < -0.39 is 5.97 Å². The minimum absolute atomic E-state index is 0.237. The van der Waals surface area contributed by atoms with Gasteiger partial charge in [0.25, 0.3) is 0 Å². The van der Waals surface area contributed by atoms with Crippen LogP contribution in [0, 0.1) is 5.92 Å². The molecule has 3 rings (SSSR count). The van der Waals surface area contributed by atoms with Gasteiger partial charge in [-0.05, 0) is 25.2 Å². The molecule has 0 bridgehead atoms. The van der Waals surface area contributed by atoms with Crippen LogP contribution in [0.4, 0.5) is 5.82 Å². The lowest BCUT2D eigenvalue weighted by Gasteiger charge is -2.33. The van der Waals surface area contributed by atoms with Gasteiger partial charge in [0.15, 0.2) is 17.0 Å². The summed E-state index contributed by atoms with van der Waals surface area (Å²) in [4.78, 5) is 26.0. The maximum absolute atomic E-state index is 10.7. The number of aromatic nitrogens is 4. The topological polar surface area (TPSA) is 84.1 Å². The Balaban J connectivity index is 1.80. The number of carbonyl (C=O) groups is 1. The molecule has 7 heteroatoms. The summed E-state index contributed by atoms with van der Waals surface area (Å²) in [6, 6.07) is 0. The summed E-state index contributed by atoms with van der Waals surface area (Å²) in [6.45, 7) is 1.78. The van der Waals surface area contributed by atoms with Crippen LogP contribution in [0.3, 0.4) is 0 Å². The Morgan fingerprint density at radius 3 is 3.10 bits per heavy atom. The van der Waals surface area contributed by atoms with Crippen LogP contribution >= 0.6 is 0 Å². The van der Waals surface area contributed by atoms with Crippen molar-refractivity contribution in [2.45, 2.75) is 25.7 Å². The molecule has 0 radical (unpaired) electrons. The Kier molecular flexibility index (Phi) is 3.72. The lowest BCUT2D eigenvalue weighted by Crippen LogP contribution is -2.36. The van der Waals surface area contributed by atoms with Crippen LogP contribution < -0.4 is 4.90 Å². The number of imidazole rings is 1. The minimum Gasteiger partial charge on any atom is -0.481 e. The molecule has 2 aromatic heterocycles. The highest BCUT2D eigenvalue weighted by Crippen LogP contribution is 2.28. The molecule has 1 N–H and O–H groups in total. The van der Waals surface area contributed by atoms with Gasteiger partial charge < -0.3 is 14.6 Å².